The summed E-state index contributed by atoms with van der Waals surface area (Å²) < 4.78 is 0. The minimum Gasteiger partial charge on any atom is -0.399 e. The second kappa shape index (κ2) is 4.11. The maximum atomic E-state index is 5.83. The molecule has 0 bridgehead atoms. The third kappa shape index (κ3) is 2.23. The molecule has 3 heteroatoms. The Hall–Kier alpha value is -1.22. The Kier molecular flexibility index (Phi) is 2.82. The molecule has 15 heavy (non-hydrogen) atoms. The van der Waals surface area contributed by atoms with Gasteiger partial charge in [-0.3, -0.25) is 0 Å². The normalized spacial score (nSPS) is 15.5. The molecule has 0 saturated carbocycles. The van der Waals surface area contributed by atoms with Crippen molar-refractivity contribution in [3.8, 4) is 0 Å². The van der Waals surface area contributed by atoms with E-state index in [9.17, 15) is 0 Å². The second-order valence-electron chi connectivity index (χ2n) is 4.47. The van der Waals surface area contributed by atoms with Gasteiger partial charge in [-0.15, -0.1) is 0 Å². The van der Waals surface area contributed by atoms with Crippen LogP contribution in [0.25, 0.3) is 0 Å². The van der Waals surface area contributed by atoms with Gasteiger partial charge in [0.15, 0.2) is 0 Å². The van der Waals surface area contributed by atoms with Crippen LogP contribution in [0.4, 0.5) is 11.4 Å². The predicted octanol–water partition coefficient (Wildman–Crippen LogP) is 1.54. The average Bonchev–Trinajstić information content (AvgIpc) is 2.05. The first kappa shape index (κ1) is 10.3. The standard InChI is InChI=1S/C12H19N3/c1-14(2)9-10-8-11(13)4-5-12(10)15-6-3-7-15/h4-5,8H,3,6-7,9,13H2,1-2H3. The zero-order valence-corrected chi connectivity index (χ0v) is 9.53. The van der Waals surface area contributed by atoms with E-state index in [4.69, 9.17) is 5.73 Å². The van der Waals surface area contributed by atoms with Crippen molar-refractivity contribution in [1.29, 1.82) is 0 Å². The van der Waals surface area contributed by atoms with Crippen LogP contribution in [0.5, 0.6) is 0 Å². The van der Waals surface area contributed by atoms with E-state index in [-0.39, 0.29) is 0 Å². The lowest BCUT2D eigenvalue weighted by Crippen LogP contribution is -2.38. The molecule has 3 nitrogen and oxygen atoms in total. The molecule has 2 rings (SSSR count). The van der Waals surface area contributed by atoms with Crippen molar-refractivity contribution in [2.45, 2.75) is 13.0 Å². The summed E-state index contributed by atoms with van der Waals surface area (Å²) in [5, 5.41) is 0. The monoisotopic (exact) mass is 205 g/mol. The number of nitrogens with two attached hydrogens (primary N) is 1. The van der Waals surface area contributed by atoms with E-state index >= 15 is 0 Å². The van der Waals surface area contributed by atoms with Crippen LogP contribution in [0.2, 0.25) is 0 Å². The highest BCUT2D eigenvalue weighted by molar-refractivity contribution is 5.60. The Labute approximate surface area is 91.5 Å². The number of hydrogen-bond donors (Lipinski definition) is 1. The molecule has 0 amide bonds. The topological polar surface area (TPSA) is 32.5 Å². The maximum Gasteiger partial charge on any atom is 0.0413 e. The molecule has 0 atom stereocenters. The van der Waals surface area contributed by atoms with Crippen LogP contribution in [0.1, 0.15) is 12.0 Å². The van der Waals surface area contributed by atoms with Gasteiger partial charge in [-0.05, 0) is 44.3 Å². The van der Waals surface area contributed by atoms with Crippen molar-refractivity contribution in [2.75, 3.05) is 37.8 Å². The first-order valence-corrected chi connectivity index (χ1v) is 5.45. The van der Waals surface area contributed by atoms with Gasteiger partial charge >= 0.3 is 0 Å². The third-order valence-electron chi connectivity index (χ3n) is 2.79. The minimum absolute atomic E-state index is 0.858. The fourth-order valence-corrected chi connectivity index (χ4v) is 1.94. The van der Waals surface area contributed by atoms with Gasteiger partial charge in [-0.25, -0.2) is 0 Å². The van der Waals surface area contributed by atoms with Crippen molar-refractivity contribution in [1.82, 2.24) is 4.90 Å². The zero-order chi connectivity index (χ0) is 10.8. The van der Waals surface area contributed by atoms with Gasteiger partial charge in [0.1, 0.15) is 0 Å². The van der Waals surface area contributed by atoms with Crippen LogP contribution in [0.15, 0.2) is 18.2 Å². The highest BCUT2D eigenvalue weighted by Gasteiger charge is 2.17. The third-order valence-corrected chi connectivity index (χ3v) is 2.79. The molecule has 82 valence electrons. The Balaban J connectivity index is 2.26. The molecular weight excluding hydrogens is 186 g/mol. The first-order chi connectivity index (χ1) is 7.16. The second-order valence-corrected chi connectivity index (χ2v) is 4.47. The summed E-state index contributed by atoms with van der Waals surface area (Å²) >= 11 is 0. The lowest BCUT2D eigenvalue weighted by Gasteiger charge is -2.35. The van der Waals surface area contributed by atoms with Crippen LogP contribution in [0.3, 0.4) is 0 Å². The molecule has 0 unspecified atom stereocenters. The SMILES string of the molecule is CN(C)Cc1cc(N)ccc1N1CCC1. The van der Waals surface area contributed by atoms with E-state index in [1.807, 2.05) is 6.07 Å². The molecule has 1 heterocycles. The van der Waals surface area contributed by atoms with Gasteiger partial charge in [0.25, 0.3) is 0 Å². The van der Waals surface area contributed by atoms with Crippen molar-refractivity contribution >= 4 is 11.4 Å². The highest BCUT2D eigenvalue weighted by atomic mass is 15.2. The quantitative estimate of drug-likeness (QED) is 0.760. The summed E-state index contributed by atoms with van der Waals surface area (Å²) in [7, 11) is 4.17. The summed E-state index contributed by atoms with van der Waals surface area (Å²) in [6.07, 6.45) is 1.31. The van der Waals surface area contributed by atoms with Gasteiger partial charge in [-0.1, -0.05) is 0 Å². The molecule has 0 aromatic heterocycles. The van der Waals surface area contributed by atoms with E-state index in [0.717, 1.165) is 12.2 Å². The number of anilines is 2. The Morgan fingerprint density at radius 1 is 1.33 bits per heavy atom. The van der Waals surface area contributed by atoms with Crippen molar-refractivity contribution in [2.24, 2.45) is 0 Å². The molecule has 1 aliphatic rings. The van der Waals surface area contributed by atoms with E-state index < -0.39 is 0 Å². The van der Waals surface area contributed by atoms with Crippen LogP contribution in [-0.4, -0.2) is 32.1 Å². The molecule has 1 aromatic rings. The first-order valence-electron chi connectivity index (χ1n) is 5.45. The van der Waals surface area contributed by atoms with Crippen molar-refractivity contribution in [3.63, 3.8) is 0 Å². The number of nitrogens with zero attached hydrogens (tertiary/aromatic N) is 2. The molecule has 2 N–H and O–H groups in total. The van der Waals surface area contributed by atoms with Gasteiger partial charge in [0.05, 0.1) is 0 Å². The molecule has 1 aliphatic heterocycles. The molecule has 0 radical (unpaired) electrons. The van der Waals surface area contributed by atoms with E-state index in [0.29, 0.717) is 0 Å². The largest absolute Gasteiger partial charge is 0.399 e. The number of nitrogen functional groups attached to an aromatic ring is 1. The molecular formula is C12H19N3. The summed E-state index contributed by atoms with van der Waals surface area (Å²) in [5.41, 5.74) is 9.37. The number of hydrogen-bond acceptors (Lipinski definition) is 3. The summed E-state index contributed by atoms with van der Waals surface area (Å²) in [6, 6.07) is 6.23. The summed E-state index contributed by atoms with van der Waals surface area (Å²) in [4.78, 5) is 4.59. The van der Waals surface area contributed by atoms with E-state index in [1.165, 1.54) is 30.8 Å². The lowest BCUT2D eigenvalue weighted by atomic mass is 10.1. The van der Waals surface area contributed by atoms with Crippen molar-refractivity contribution in [3.05, 3.63) is 23.8 Å². The molecule has 1 aromatic carbocycles. The minimum atomic E-state index is 0.858. The molecule has 0 spiro atoms. The van der Waals surface area contributed by atoms with Gasteiger partial charge in [0, 0.05) is 31.0 Å². The van der Waals surface area contributed by atoms with E-state index in [1.54, 1.807) is 0 Å². The smallest absolute Gasteiger partial charge is 0.0413 e. The Morgan fingerprint density at radius 2 is 2.07 bits per heavy atom. The number of rotatable bonds is 3. The van der Waals surface area contributed by atoms with E-state index in [2.05, 4.69) is 36.0 Å². The predicted molar refractivity (Wildman–Crippen MR) is 65.1 cm³/mol. The van der Waals surface area contributed by atoms with Crippen LogP contribution >= 0.6 is 0 Å². The average molecular weight is 205 g/mol. The zero-order valence-electron chi connectivity index (χ0n) is 9.53. The van der Waals surface area contributed by atoms with Gasteiger partial charge in [-0.2, -0.15) is 0 Å². The fraction of sp³-hybridized carbons (Fsp3) is 0.500. The van der Waals surface area contributed by atoms with Crippen LogP contribution < -0.4 is 10.6 Å². The van der Waals surface area contributed by atoms with Gasteiger partial charge in [0.2, 0.25) is 0 Å². The van der Waals surface area contributed by atoms with Gasteiger partial charge < -0.3 is 15.5 Å². The summed E-state index contributed by atoms with van der Waals surface area (Å²) in [5.74, 6) is 0. The highest BCUT2D eigenvalue weighted by Crippen LogP contribution is 2.27. The summed E-state index contributed by atoms with van der Waals surface area (Å²) in [6.45, 7) is 3.32. The molecule has 0 aliphatic carbocycles. The molecule has 1 fully saturated rings. The maximum absolute atomic E-state index is 5.83. The van der Waals surface area contributed by atoms with Crippen LogP contribution in [-0.2, 0) is 6.54 Å². The molecule has 1 saturated heterocycles. The Morgan fingerprint density at radius 3 is 2.60 bits per heavy atom. The van der Waals surface area contributed by atoms with Crippen LogP contribution in [0, 0.1) is 0 Å². The number of benzene rings is 1. The fourth-order valence-electron chi connectivity index (χ4n) is 1.94. The lowest BCUT2D eigenvalue weighted by molar-refractivity contribution is 0.402. The van der Waals surface area contributed by atoms with Crippen molar-refractivity contribution < 1.29 is 0 Å². The Bertz CT molecular complexity index is 343.